The fourth-order valence-electron chi connectivity index (χ4n) is 1.71. The van der Waals surface area contributed by atoms with E-state index in [0.717, 1.165) is 22.9 Å². The van der Waals surface area contributed by atoms with Crippen LogP contribution in [0, 0.1) is 11.7 Å². The van der Waals surface area contributed by atoms with E-state index in [1.807, 2.05) is 0 Å². The lowest BCUT2D eigenvalue weighted by molar-refractivity contribution is 0.431. The molecule has 0 saturated heterocycles. The van der Waals surface area contributed by atoms with Crippen LogP contribution in [0.15, 0.2) is 22.7 Å². The molecule has 0 fully saturated rings. The second-order valence-electron chi connectivity index (χ2n) is 3.96. The van der Waals surface area contributed by atoms with Crippen LogP contribution in [-0.2, 0) is 0 Å². The zero-order valence-electron chi connectivity index (χ0n) is 9.13. The summed E-state index contributed by atoms with van der Waals surface area (Å²) in [6.45, 7) is 4.23. The topological polar surface area (TPSA) is 26.0 Å². The Labute approximate surface area is 99.0 Å². The van der Waals surface area contributed by atoms with E-state index in [1.165, 1.54) is 12.1 Å². The van der Waals surface area contributed by atoms with E-state index in [0.29, 0.717) is 5.92 Å². The minimum atomic E-state index is -0.229. The van der Waals surface area contributed by atoms with Gasteiger partial charge in [0, 0.05) is 10.5 Å². The number of halogens is 2. The van der Waals surface area contributed by atoms with Crippen LogP contribution >= 0.6 is 15.9 Å². The summed E-state index contributed by atoms with van der Waals surface area (Å²) >= 11 is 3.40. The molecule has 1 nitrogen and oxygen atoms in total. The molecule has 1 aromatic carbocycles. The van der Waals surface area contributed by atoms with Crippen molar-refractivity contribution in [1.29, 1.82) is 0 Å². The van der Waals surface area contributed by atoms with Gasteiger partial charge >= 0.3 is 0 Å². The van der Waals surface area contributed by atoms with Crippen LogP contribution in [0.2, 0.25) is 0 Å². The Kier molecular flexibility index (Phi) is 4.74. The Morgan fingerprint density at radius 2 is 2.13 bits per heavy atom. The van der Waals surface area contributed by atoms with Gasteiger partial charge in [-0.05, 0) is 36.1 Å². The molecule has 2 N–H and O–H groups in total. The first-order valence-corrected chi connectivity index (χ1v) is 6.06. The smallest absolute Gasteiger partial charge is 0.123 e. The summed E-state index contributed by atoms with van der Waals surface area (Å²) in [6, 6.07) is 4.56. The van der Waals surface area contributed by atoms with E-state index in [-0.39, 0.29) is 11.9 Å². The molecule has 0 aliphatic carbocycles. The van der Waals surface area contributed by atoms with E-state index >= 15 is 0 Å². The van der Waals surface area contributed by atoms with Gasteiger partial charge in [0.1, 0.15) is 5.82 Å². The maximum Gasteiger partial charge on any atom is 0.123 e. The van der Waals surface area contributed by atoms with E-state index in [9.17, 15) is 4.39 Å². The minimum absolute atomic E-state index is 0.102. The zero-order chi connectivity index (χ0) is 11.4. The van der Waals surface area contributed by atoms with Crippen LogP contribution < -0.4 is 5.73 Å². The van der Waals surface area contributed by atoms with Crippen molar-refractivity contribution in [3.8, 4) is 0 Å². The number of rotatable bonds is 4. The third-order valence-electron chi connectivity index (χ3n) is 2.67. The van der Waals surface area contributed by atoms with Crippen molar-refractivity contribution in [2.45, 2.75) is 32.7 Å². The van der Waals surface area contributed by atoms with E-state index in [1.54, 1.807) is 6.07 Å². The summed E-state index contributed by atoms with van der Waals surface area (Å²) in [5.41, 5.74) is 6.96. The van der Waals surface area contributed by atoms with E-state index in [4.69, 9.17) is 5.73 Å². The molecular weight excluding hydrogens is 257 g/mol. The largest absolute Gasteiger partial charge is 0.324 e. The van der Waals surface area contributed by atoms with Gasteiger partial charge in [0.05, 0.1) is 0 Å². The maximum absolute atomic E-state index is 13.1. The minimum Gasteiger partial charge on any atom is -0.324 e. The maximum atomic E-state index is 13.1. The summed E-state index contributed by atoms with van der Waals surface area (Å²) in [6.07, 6.45) is 2.16. The van der Waals surface area contributed by atoms with Crippen LogP contribution in [0.25, 0.3) is 0 Å². The molecule has 0 aliphatic rings. The second-order valence-corrected chi connectivity index (χ2v) is 4.81. The second kappa shape index (κ2) is 5.61. The van der Waals surface area contributed by atoms with Crippen molar-refractivity contribution >= 4 is 15.9 Å². The lowest BCUT2D eigenvalue weighted by Crippen LogP contribution is -2.19. The highest BCUT2D eigenvalue weighted by molar-refractivity contribution is 9.10. The van der Waals surface area contributed by atoms with Gasteiger partial charge in [-0.25, -0.2) is 4.39 Å². The Morgan fingerprint density at radius 3 is 2.73 bits per heavy atom. The summed E-state index contributed by atoms with van der Waals surface area (Å²) in [5, 5.41) is 0. The Balaban J connectivity index is 2.89. The molecule has 0 radical (unpaired) electrons. The molecule has 1 rings (SSSR count). The molecule has 0 saturated carbocycles. The SMILES string of the molecule is CCCC(C)C(N)c1cc(F)ccc1Br. The lowest BCUT2D eigenvalue weighted by Gasteiger charge is -2.20. The molecule has 2 atom stereocenters. The van der Waals surface area contributed by atoms with Gasteiger partial charge in [-0.2, -0.15) is 0 Å². The molecule has 0 amide bonds. The number of hydrogen-bond donors (Lipinski definition) is 1. The van der Waals surface area contributed by atoms with E-state index in [2.05, 4.69) is 29.8 Å². The molecule has 0 bridgehead atoms. The van der Waals surface area contributed by atoms with Crippen LogP contribution in [0.5, 0.6) is 0 Å². The monoisotopic (exact) mass is 273 g/mol. The summed E-state index contributed by atoms with van der Waals surface area (Å²) in [7, 11) is 0. The first kappa shape index (κ1) is 12.7. The summed E-state index contributed by atoms with van der Waals surface area (Å²) in [4.78, 5) is 0. The number of hydrogen-bond acceptors (Lipinski definition) is 1. The molecular formula is C12H17BrFN. The predicted octanol–water partition coefficient (Wildman–Crippen LogP) is 4.02. The summed E-state index contributed by atoms with van der Waals surface area (Å²) < 4.78 is 14.0. The zero-order valence-corrected chi connectivity index (χ0v) is 10.7. The van der Waals surface area contributed by atoms with Gasteiger partial charge < -0.3 is 5.73 Å². The van der Waals surface area contributed by atoms with Crippen LogP contribution in [-0.4, -0.2) is 0 Å². The third kappa shape index (κ3) is 3.28. The van der Waals surface area contributed by atoms with Crippen molar-refractivity contribution in [2.75, 3.05) is 0 Å². The summed E-state index contributed by atoms with van der Waals surface area (Å²) in [5.74, 6) is 0.139. The van der Waals surface area contributed by atoms with Gasteiger partial charge in [-0.3, -0.25) is 0 Å². The van der Waals surface area contributed by atoms with Crippen LogP contribution in [0.4, 0.5) is 4.39 Å². The van der Waals surface area contributed by atoms with Crippen LogP contribution in [0.3, 0.4) is 0 Å². The van der Waals surface area contributed by atoms with Crippen LogP contribution in [0.1, 0.15) is 38.3 Å². The fourth-order valence-corrected chi connectivity index (χ4v) is 2.22. The molecule has 0 aliphatic heterocycles. The molecule has 84 valence electrons. The number of benzene rings is 1. The molecule has 0 aromatic heterocycles. The fraction of sp³-hybridized carbons (Fsp3) is 0.500. The van der Waals surface area contributed by atoms with Gasteiger partial charge in [0.15, 0.2) is 0 Å². The average Bonchev–Trinajstić information content (AvgIpc) is 2.21. The van der Waals surface area contributed by atoms with Crippen molar-refractivity contribution < 1.29 is 4.39 Å². The van der Waals surface area contributed by atoms with Crippen molar-refractivity contribution in [2.24, 2.45) is 11.7 Å². The van der Waals surface area contributed by atoms with Gasteiger partial charge in [0.2, 0.25) is 0 Å². The third-order valence-corrected chi connectivity index (χ3v) is 3.40. The van der Waals surface area contributed by atoms with E-state index < -0.39 is 0 Å². The molecule has 0 spiro atoms. The Hall–Kier alpha value is -0.410. The van der Waals surface area contributed by atoms with Crippen molar-refractivity contribution in [3.05, 3.63) is 34.1 Å². The normalized spacial score (nSPS) is 15.0. The highest BCUT2D eigenvalue weighted by Crippen LogP contribution is 2.29. The predicted molar refractivity (Wildman–Crippen MR) is 65.1 cm³/mol. The Morgan fingerprint density at radius 1 is 1.47 bits per heavy atom. The van der Waals surface area contributed by atoms with Gasteiger partial charge in [0.25, 0.3) is 0 Å². The number of nitrogens with two attached hydrogens (primary N) is 1. The first-order valence-electron chi connectivity index (χ1n) is 5.26. The highest BCUT2D eigenvalue weighted by Gasteiger charge is 2.17. The quantitative estimate of drug-likeness (QED) is 0.881. The van der Waals surface area contributed by atoms with Crippen molar-refractivity contribution in [1.82, 2.24) is 0 Å². The standard InChI is InChI=1S/C12H17BrFN/c1-3-4-8(2)12(15)10-7-9(14)5-6-11(10)13/h5-8,12H,3-4,15H2,1-2H3. The molecule has 2 unspecified atom stereocenters. The molecule has 3 heteroatoms. The lowest BCUT2D eigenvalue weighted by atomic mass is 9.92. The molecule has 15 heavy (non-hydrogen) atoms. The Bertz CT molecular complexity index is 327. The highest BCUT2D eigenvalue weighted by atomic mass is 79.9. The van der Waals surface area contributed by atoms with Crippen molar-refractivity contribution in [3.63, 3.8) is 0 Å². The average molecular weight is 274 g/mol. The molecule has 0 heterocycles. The first-order chi connectivity index (χ1) is 7.06. The van der Waals surface area contributed by atoms with Gasteiger partial charge in [-0.1, -0.05) is 36.2 Å². The molecule has 1 aromatic rings. The van der Waals surface area contributed by atoms with Gasteiger partial charge in [-0.15, -0.1) is 0 Å².